The number of hydrogen-bond donors (Lipinski definition) is 0. The molecule has 0 atom stereocenters. The molecule has 0 aliphatic carbocycles. The summed E-state index contributed by atoms with van der Waals surface area (Å²) in [5.74, 6) is -0.154. The molecule has 140 valence electrons. The standard InChI is InChI=1S/C21H21NO5/c1-5-25-20(23)16(12-22)11-17-7-9-19(27-17)18-8-6-15(10-14(18)4)21(24)26-13(2)3/h6-11,13H,5H2,1-4H3/b16-11+. The smallest absolute Gasteiger partial charge is 0.349 e. The summed E-state index contributed by atoms with van der Waals surface area (Å²) in [5.41, 5.74) is 1.96. The summed E-state index contributed by atoms with van der Waals surface area (Å²) in [6, 6.07) is 10.4. The Kier molecular flexibility index (Phi) is 6.56. The lowest BCUT2D eigenvalue weighted by Crippen LogP contribution is -2.11. The largest absolute Gasteiger partial charge is 0.462 e. The quantitative estimate of drug-likeness (QED) is 0.430. The first-order valence-electron chi connectivity index (χ1n) is 8.56. The monoisotopic (exact) mass is 367 g/mol. The van der Waals surface area contributed by atoms with Crippen molar-refractivity contribution in [2.24, 2.45) is 0 Å². The van der Waals surface area contributed by atoms with Gasteiger partial charge in [0, 0.05) is 11.6 Å². The number of esters is 2. The van der Waals surface area contributed by atoms with Gasteiger partial charge in [0.1, 0.15) is 23.2 Å². The minimum Gasteiger partial charge on any atom is -0.462 e. The number of ether oxygens (including phenoxy) is 2. The molecule has 0 amide bonds. The van der Waals surface area contributed by atoms with Gasteiger partial charge in [0.05, 0.1) is 18.3 Å². The summed E-state index contributed by atoms with van der Waals surface area (Å²) in [6.45, 7) is 7.30. The summed E-state index contributed by atoms with van der Waals surface area (Å²) in [5, 5.41) is 9.09. The van der Waals surface area contributed by atoms with Crippen molar-refractivity contribution in [1.82, 2.24) is 0 Å². The van der Waals surface area contributed by atoms with E-state index in [1.54, 1.807) is 57.2 Å². The van der Waals surface area contributed by atoms with Crippen LogP contribution in [0.2, 0.25) is 0 Å². The van der Waals surface area contributed by atoms with E-state index in [2.05, 4.69) is 0 Å². The predicted molar refractivity (Wildman–Crippen MR) is 99.7 cm³/mol. The van der Waals surface area contributed by atoms with Crippen molar-refractivity contribution in [3.05, 3.63) is 52.8 Å². The summed E-state index contributed by atoms with van der Waals surface area (Å²) >= 11 is 0. The van der Waals surface area contributed by atoms with E-state index in [-0.39, 0.29) is 24.3 Å². The lowest BCUT2D eigenvalue weighted by molar-refractivity contribution is -0.137. The van der Waals surface area contributed by atoms with Crippen LogP contribution in [0, 0.1) is 18.3 Å². The van der Waals surface area contributed by atoms with Crippen molar-refractivity contribution in [2.45, 2.75) is 33.8 Å². The fourth-order valence-corrected chi connectivity index (χ4v) is 2.41. The van der Waals surface area contributed by atoms with E-state index in [4.69, 9.17) is 19.2 Å². The van der Waals surface area contributed by atoms with Crippen LogP contribution < -0.4 is 0 Å². The molecule has 0 bridgehead atoms. The number of rotatable bonds is 6. The lowest BCUT2D eigenvalue weighted by Gasteiger charge is -2.09. The van der Waals surface area contributed by atoms with Gasteiger partial charge in [0.2, 0.25) is 0 Å². The van der Waals surface area contributed by atoms with Crippen LogP contribution in [0.1, 0.15) is 42.5 Å². The van der Waals surface area contributed by atoms with E-state index in [0.29, 0.717) is 17.1 Å². The molecule has 1 heterocycles. The predicted octanol–water partition coefficient (Wildman–Crippen LogP) is 4.29. The highest BCUT2D eigenvalue weighted by molar-refractivity contribution is 5.97. The molecule has 0 N–H and O–H groups in total. The zero-order valence-corrected chi connectivity index (χ0v) is 15.7. The molecule has 0 unspecified atom stereocenters. The van der Waals surface area contributed by atoms with Gasteiger partial charge in [-0.3, -0.25) is 0 Å². The molecular formula is C21H21NO5. The highest BCUT2D eigenvalue weighted by Crippen LogP contribution is 2.27. The van der Waals surface area contributed by atoms with Gasteiger partial charge in [0.15, 0.2) is 0 Å². The summed E-state index contributed by atoms with van der Waals surface area (Å²) in [7, 11) is 0. The third kappa shape index (κ3) is 5.08. The van der Waals surface area contributed by atoms with Crippen LogP contribution in [-0.4, -0.2) is 24.6 Å². The Morgan fingerprint density at radius 2 is 2.00 bits per heavy atom. The number of nitrogens with zero attached hydrogens (tertiary/aromatic N) is 1. The fraction of sp³-hybridized carbons (Fsp3) is 0.286. The third-order valence-electron chi connectivity index (χ3n) is 3.60. The van der Waals surface area contributed by atoms with E-state index in [1.165, 1.54) is 6.08 Å². The minimum absolute atomic E-state index is 0.138. The summed E-state index contributed by atoms with van der Waals surface area (Å²) in [6.07, 6.45) is 1.15. The minimum atomic E-state index is -0.692. The topological polar surface area (TPSA) is 89.5 Å². The number of carbonyl (C=O) groups is 2. The Hall–Kier alpha value is -3.33. The van der Waals surface area contributed by atoms with E-state index >= 15 is 0 Å². The average Bonchev–Trinajstić information content (AvgIpc) is 3.07. The van der Waals surface area contributed by atoms with E-state index in [1.807, 2.05) is 6.92 Å². The molecule has 6 nitrogen and oxygen atoms in total. The molecule has 0 aliphatic heterocycles. The van der Waals surface area contributed by atoms with Crippen molar-refractivity contribution in [2.75, 3.05) is 6.61 Å². The highest BCUT2D eigenvalue weighted by Gasteiger charge is 2.14. The van der Waals surface area contributed by atoms with Crippen LogP contribution in [0.3, 0.4) is 0 Å². The third-order valence-corrected chi connectivity index (χ3v) is 3.60. The first-order valence-corrected chi connectivity index (χ1v) is 8.56. The molecule has 6 heteroatoms. The molecule has 0 fully saturated rings. The number of furan rings is 1. The van der Waals surface area contributed by atoms with Crippen molar-refractivity contribution in [1.29, 1.82) is 5.26 Å². The van der Waals surface area contributed by atoms with Gasteiger partial charge >= 0.3 is 11.9 Å². The van der Waals surface area contributed by atoms with E-state index < -0.39 is 5.97 Å². The zero-order chi connectivity index (χ0) is 20.0. The molecule has 2 aromatic rings. The van der Waals surface area contributed by atoms with Crippen LogP contribution in [0.5, 0.6) is 0 Å². The fourth-order valence-electron chi connectivity index (χ4n) is 2.41. The second-order valence-electron chi connectivity index (χ2n) is 6.08. The van der Waals surface area contributed by atoms with Gasteiger partial charge in [-0.15, -0.1) is 0 Å². The number of hydrogen-bond acceptors (Lipinski definition) is 6. The van der Waals surface area contributed by atoms with Crippen LogP contribution >= 0.6 is 0 Å². The van der Waals surface area contributed by atoms with Crippen LogP contribution in [0.15, 0.2) is 40.3 Å². The Balaban J connectivity index is 2.27. The molecule has 0 saturated carbocycles. The molecule has 27 heavy (non-hydrogen) atoms. The van der Waals surface area contributed by atoms with E-state index in [0.717, 1.165) is 11.1 Å². The van der Waals surface area contributed by atoms with Crippen molar-refractivity contribution >= 4 is 18.0 Å². The van der Waals surface area contributed by atoms with Crippen LogP contribution in [0.25, 0.3) is 17.4 Å². The Morgan fingerprint density at radius 1 is 1.26 bits per heavy atom. The van der Waals surface area contributed by atoms with Crippen molar-refractivity contribution in [3.8, 4) is 17.4 Å². The Bertz CT molecular complexity index is 915. The molecule has 1 aromatic heterocycles. The van der Waals surface area contributed by atoms with E-state index in [9.17, 15) is 9.59 Å². The van der Waals surface area contributed by atoms with Gasteiger partial charge < -0.3 is 13.9 Å². The van der Waals surface area contributed by atoms with Crippen molar-refractivity contribution < 1.29 is 23.5 Å². The zero-order valence-electron chi connectivity index (χ0n) is 15.7. The maximum absolute atomic E-state index is 12.0. The highest BCUT2D eigenvalue weighted by atomic mass is 16.5. The first-order chi connectivity index (χ1) is 12.8. The molecule has 0 spiro atoms. The van der Waals surface area contributed by atoms with Crippen molar-refractivity contribution in [3.63, 3.8) is 0 Å². The molecule has 0 aliphatic rings. The molecule has 2 rings (SSSR count). The SMILES string of the molecule is CCOC(=O)/C(C#N)=C/c1ccc(-c2ccc(C(=O)OC(C)C)cc2C)o1. The second kappa shape index (κ2) is 8.86. The molecular weight excluding hydrogens is 346 g/mol. The Morgan fingerprint density at radius 3 is 2.59 bits per heavy atom. The van der Waals surface area contributed by atoms with Gasteiger partial charge in [0.25, 0.3) is 0 Å². The van der Waals surface area contributed by atoms with Gasteiger partial charge in [-0.2, -0.15) is 5.26 Å². The Labute approximate surface area is 158 Å². The lowest BCUT2D eigenvalue weighted by atomic mass is 10.0. The second-order valence-corrected chi connectivity index (χ2v) is 6.08. The van der Waals surface area contributed by atoms with Crippen LogP contribution in [-0.2, 0) is 14.3 Å². The van der Waals surface area contributed by atoms with Gasteiger partial charge in [-0.25, -0.2) is 9.59 Å². The molecule has 0 saturated heterocycles. The maximum Gasteiger partial charge on any atom is 0.349 e. The number of carbonyl (C=O) groups excluding carboxylic acids is 2. The van der Waals surface area contributed by atoms with Gasteiger partial charge in [-0.05, 0) is 57.5 Å². The summed E-state index contributed by atoms with van der Waals surface area (Å²) in [4.78, 5) is 23.7. The number of nitriles is 1. The van der Waals surface area contributed by atoms with Gasteiger partial charge in [-0.1, -0.05) is 6.07 Å². The normalized spacial score (nSPS) is 11.2. The summed E-state index contributed by atoms with van der Waals surface area (Å²) < 4.78 is 15.7. The average molecular weight is 367 g/mol. The number of aryl methyl sites for hydroxylation is 1. The maximum atomic E-state index is 12.0. The first kappa shape index (κ1) is 20.0. The molecule has 1 aromatic carbocycles. The van der Waals surface area contributed by atoms with Crippen LogP contribution in [0.4, 0.5) is 0 Å². The molecule has 0 radical (unpaired) electrons. The number of benzene rings is 1.